The van der Waals surface area contributed by atoms with Crippen LogP contribution in [0.2, 0.25) is 10.0 Å². The highest BCUT2D eigenvalue weighted by Crippen LogP contribution is 2.23. The number of carbonyl (C=O) groups is 2. The van der Waals surface area contributed by atoms with E-state index in [0.717, 1.165) is 5.56 Å². The van der Waals surface area contributed by atoms with E-state index in [2.05, 4.69) is 5.32 Å². The maximum absolute atomic E-state index is 12.4. The molecule has 0 aliphatic carbocycles. The van der Waals surface area contributed by atoms with Crippen molar-refractivity contribution >= 4 is 35.0 Å². The number of halogens is 2. The van der Waals surface area contributed by atoms with Crippen LogP contribution in [0.5, 0.6) is 0 Å². The molecular formula is C17H24Cl2N2O2. The van der Waals surface area contributed by atoms with E-state index < -0.39 is 6.04 Å². The van der Waals surface area contributed by atoms with Crippen molar-refractivity contribution in [3.05, 3.63) is 33.8 Å². The van der Waals surface area contributed by atoms with E-state index in [1.165, 1.54) is 4.90 Å². The summed E-state index contributed by atoms with van der Waals surface area (Å²) in [5, 5.41) is 3.92. The molecule has 0 aromatic heterocycles. The molecule has 0 bridgehead atoms. The summed E-state index contributed by atoms with van der Waals surface area (Å²) in [7, 11) is 0. The lowest BCUT2D eigenvalue weighted by Gasteiger charge is -2.31. The molecule has 0 saturated carbocycles. The second-order valence-corrected chi connectivity index (χ2v) is 7.37. The molecule has 4 nitrogen and oxygen atoms in total. The number of carbonyl (C=O) groups excluding carboxylic acids is 2. The van der Waals surface area contributed by atoms with Gasteiger partial charge in [0.15, 0.2) is 0 Å². The Kier molecular flexibility index (Phi) is 6.90. The highest BCUT2D eigenvalue weighted by molar-refractivity contribution is 6.35. The summed E-state index contributed by atoms with van der Waals surface area (Å²) in [6.45, 7) is 9.46. The van der Waals surface area contributed by atoms with E-state index in [-0.39, 0.29) is 23.9 Å². The molecule has 1 unspecified atom stereocenters. The number of nitrogens with zero attached hydrogens (tertiary/aromatic N) is 1. The van der Waals surface area contributed by atoms with Gasteiger partial charge in [-0.3, -0.25) is 9.59 Å². The number of amides is 2. The van der Waals surface area contributed by atoms with Crippen LogP contribution in [-0.2, 0) is 16.1 Å². The molecule has 1 aromatic rings. The van der Waals surface area contributed by atoms with E-state index in [4.69, 9.17) is 23.2 Å². The molecule has 0 fully saturated rings. The van der Waals surface area contributed by atoms with Crippen LogP contribution < -0.4 is 5.32 Å². The molecule has 1 atom stereocenters. The Bertz CT molecular complexity index is 582. The Balaban J connectivity index is 3.00. The van der Waals surface area contributed by atoms with Crippen molar-refractivity contribution in [2.75, 3.05) is 0 Å². The average Bonchev–Trinajstić information content (AvgIpc) is 2.43. The molecule has 1 N–H and O–H groups in total. The lowest BCUT2D eigenvalue weighted by molar-refractivity contribution is -0.141. The Morgan fingerprint density at radius 2 is 1.87 bits per heavy atom. The maximum atomic E-state index is 12.4. The summed E-state index contributed by atoms with van der Waals surface area (Å²) in [6.07, 6.45) is 0.318. The van der Waals surface area contributed by atoms with E-state index in [9.17, 15) is 9.59 Å². The van der Waals surface area contributed by atoms with Gasteiger partial charge in [0.25, 0.3) is 0 Å². The van der Waals surface area contributed by atoms with Crippen molar-refractivity contribution in [3.63, 3.8) is 0 Å². The van der Waals surface area contributed by atoms with Gasteiger partial charge < -0.3 is 10.2 Å². The fourth-order valence-corrected chi connectivity index (χ4v) is 2.56. The van der Waals surface area contributed by atoms with E-state index >= 15 is 0 Å². The number of benzene rings is 1. The quantitative estimate of drug-likeness (QED) is 0.863. The number of nitrogens with one attached hydrogen (secondary N) is 1. The molecule has 2 amide bonds. The third kappa shape index (κ3) is 6.04. The third-order valence-electron chi connectivity index (χ3n) is 3.32. The molecule has 0 aliphatic rings. The smallest absolute Gasteiger partial charge is 0.242 e. The summed E-state index contributed by atoms with van der Waals surface area (Å²) in [4.78, 5) is 26.2. The number of hydrogen-bond acceptors (Lipinski definition) is 2. The van der Waals surface area contributed by atoms with Gasteiger partial charge >= 0.3 is 0 Å². The first-order valence-electron chi connectivity index (χ1n) is 7.60. The van der Waals surface area contributed by atoms with Gasteiger partial charge in [0.2, 0.25) is 11.8 Å². The van der Waals surface area contributed by atoms with Crippen LogP contribution in [0.3, 0.4) is 0 Å². The predicted molar refractivity (Wildman–Crippen MR) is 94.7 cm³/mol. The fraction of sp³-hybridized carbons (Fsp3) is 0.529. The van der Waals surface area contributed by atoms with Crippen molar-refractivity contribution in [1.82, 2.24) is 10.2 Å². The van der Waals surface area contributed by atoms with Crippen LogP contribution in [0.25, 0.3) is 0 Å². The fourth-order valence-electron chi connectivity index (χ4n) is 2.09. The van der Waals surface area contributed by atoms with Crippen LogP contribution in [0.4, 0.5) is 0 Å². The zero-order valence-electron chi connectivity index (χ0n) is 14.2. The first-order valence-corrected chi connectivity index (χ1v) is 8.36. The largest absolute Gasteiger partial charge is 0.350 e. The summed E-state index contributed by atoms with van der Waals surface area (Å²) in [5.74, 6) is -0.294. The minimum absolute atomic E-state index is 0.104. The minimum Gasteiger partial charge on any atom is -0.350 e. The van der Waals surface area contributed by atoms with E-state index in [1.807, 2.05) is 20.8 Å². The van der Waals surface area contributed by atoms with Crippen LogP contribution >= 0.6 is 23.2 Å². The Morgan fingerprint density at radius 1 is 1.26 bits per heavy atom. The SMILES string of the molecule is CCC(=O)N(Cc1ccc(Cl)cc1Cl)C(C)C(=O)NC(C)(C)C. The lowest BCUT2D eigenvalue weighted by Crippen LogP contribution is -2.52. The summed E-state index contributed by atoms with van der Waals surface area (Å²) in [5.41, 5.74) is 0.401. The molecule has 0 saturated heterocycles. The van der Waals surface area contributed by atoms with Crippen molar-refractivity contribution in [3.8, 4) is 0 Å². The van der Waals surface area contributed by atoms with Gasteiger partial charge in [-0.25, -0.2) is 0 Å². The van der Waals surface area contributed by atoms with Crippen molar-refractivity contribution in [2.45, 2.75) is 59.2 Å². The Hall–Kier alpha value is -1.26. The second kappa shape index (κ2) is 8.02. The third-order valence-corrected chi connectivity index (χ3v) is 3.91. The molecule has 128 valence electrons. The highest BCUT2D eigenvalue weighted by atomic mass is 35.5. The maximum Gasteiger partial charge on any atom is 0.242 e. The van der Waals surface area contributed by atoms with Crippen LogP contribution in [0.15, 0.2) is 18.2 Å². The highest BCUT2D eigenvalue weighted by Gasteiger charge is 2.27. The van der Waals surface area contributed by atoms with Crippen LogP contribution in [0.1, 0.15) is 46.6 Å². The van der Waals surface area contributed by atoms with Gasteiger partial charge in [-0.2, -0.15) is 0 Å². The normalized spacial score (nSPS) is 12.7. The van der Waals surface area contributed by atoms with Gasteiger partial charge in [-0.1, -0.05) is 36.2 Å². The summed E-state index contributed by atoms with van der Waals surface area (Å²) < 4.78 is 0. The molecule has 1 rings (SSSR count). The van der Waals surface area contributed by atoms with Gasteiger partial charge in [0.05, 0.1) is 0 Å². The molecule has 0 radical (unpaired) electrons. The number of rotatable bonds is 5. The van der Waals surface area contributed by atoms with Crippen LogP contribution in [0, 0.1) is 0 Å². The van der Waals surface area contributed by atoms with Crippen molar-refractivity contribution in [2.24, 2.45) is 0 Å². The van der Waals surface area contributed by atoms with Crippen LogP contribution in [-0.4, -0.2) is 28.3 Å². The standard InChI is InChI=1S/C17H24Cl2N2O2/c1-6-15(22)21(11(2)16(23)20-17(3,4)5)10-12-7-8-13(18)9-14(12)19/h7-9,11H,6,10H2,1-5H3,(H,20,23). The monoisotopic (exact) mass is 358 g/mol. The summed E-state index contributed by atoms with van der Waals surface area (Å²) >= 11 is 12.1. The predicted octanol–water partition coefficient (Wildman–Crippen LogP) is 4.04. The molecule has 23 heavy (non-hydrogen) atoms. The van der Waals surface area contributed by atoms with E-state index in [1.54, 1.807) is 32.0 Å². The topological polar surface area (TPSA) is 49.4 Å². The summed E-state index contributed by atoms with van der Waals surface area (Å²) in [6, 6.07) is 4.53. The molecule has 6 heteroatoms. The molecule has 0 heterocycles. The average molecular weight is 359 g/mol. The van der Waals surface area contributed by atoms with E-state index in [0.29, 0.717) is 16.5 Å². The van der Waals surface area contributed by atoms with Crippen molar-refractivity contribution < 1.29 is 9.59 Å². The molecular weight excluding hydrogens is 335 g/mol. The molecule has 0 spiro atoms. The minimum atomic E-state index is -0.589. The molecule has 1 aromatic carbocycles. The Labute approximate surface area is 148 Å². The number of hydrogen-bond donors (Lipinski definition) is 1. The molecule has 0 aliphatic heterocycles. The van der Waals surface area contributed by atoms with Crippen molar-refractivity contribution in [1.29, 1.82) is 0 Å². The lowest BCUT2D eigenvalue weighted by atomic mass is 10.1. The van der Waals surface area contributed by atoms with Gasteiger partial charge in [-0.15, -0.1) is 0 Å². The second-order valence-electron chi connectivity index (χ2n) is 6.53. The zero-order valence-corrected chi connectivity index (χ0v) is 15.8. The zero-order chi connectivity index (χ0) is 17.8. The van der Waals surface area contributed by atoms with Gasteiger partial charge in [0, 0.05) is 28.5 Å². The first kappa shape index (κ1) is 19.8. The van der Waals surface area contributed by atoms with Gasteiger partial charge in [0.1, 0.15) is 6.04 Å². The van der Waals surface area contributed by atoms with Gasteiger partial charge in [-0.05, 0) is 45.4 Å². The first-order chi connectivity index (χ1) is 10.5. The Morgan fingerprint density at radius 3 is 2.35 bits per heavy atom.